The molecule has 0 aliphatic rings. The predicted molar refractivity (Wildman–Crippen MR) is 134 cm³/mol. The maximum Gasteiger partial charge on any atom is 0.269 e. The summed E-state index contributed by atoms with van der Waals surface area (Å²) in [6, 6.07) is 15.3. The summed E-state index contributed by atoms with van der Waals surface area (Å²) in [7, 11) is 0. The smallest absolute Gasteiger partial charge is 0.269 e. The third-order valence-corrected chi connectivity index (χ3v) is 4.85. The normalized spacial score (nSPS) is 9.97. The van der Waals surface area contributed by atoms with Crippen LogP contribution in [0.25, 0.3) is 0 Å². The van der Waals surface area contributed by atoms with Gasteiger partial charge in [-0.05, 0) is 29.8 Å². The highest BCUT2D eigenvalue weighted by Gasteiger charge is 2.17. The molecule has 2 amide bonds. The molecule has 3 N–H and O–H groups in total. The number of carbonyl (C=O) groups is 2. The molecule has 0 aliphatic carbocycles. The van der Waals surface area contributed by atoms with Crippen molar-refractivity contribution in [2.24, 2.45) is 0 Å². The Balaban J connectivity index is 0.00000228. The number of ether oxygens (including phenoxy) is 1. The minimum Gasteiger partial charge on any atom is -0.439 e. The molecule has 2 heterocycles. The molecular formula is C23H18Cl3F2N5O3. The van der Waals surface area contributed by atoms with E-state index in [2.05, 4.69) is 25.8 Å². The van der Waals surface area contributed by atoms with Crippen molar-refractivity contribution in [2.45, 2.75) is 6.54 Å². The van der Waals surface area contributed by atoms with Gasteiger partial charge < -0.3 is 15.4 Å². The Morgan fingerprint density at radius 2 is 1.69 bits per heavy atom. The summed E-state index contributed by atoms with van der Waals surface area (Å²) in [5.41, 5.74) is 0.528. The van der Waals surface area contributed by atoms with E-state index < -0.39 is 23.4 Å². The molecule has 0 aliphatic heterocycles. The maximum atomic E-state index is 13.4. The van der Waals surface area contributed by atoms with Crippen LogP contribution < -0.4 is 15.4 Å². The molecule has 2 aromatic carbocycles. The lowest BCUT2D eigenvalue weighted by atomic mass is 10.2. The van der Waals surface area contributed by atoms with Crippen molar-refractivity contribution in [3.05, 3.63) is 100 Å². The van der Waals surface area contributed by atoms with Crippen LogP contribution in [0, 0.1) is 11.6 Å². The fourth-order valence-corrected chi connectivity index (χ4v) is 3.08. The number of rotatable bonds is 7. The first kappa shape index (κ1) is 28.5. The second-order valence-electron chi connectivity index (χ2n) is 6.97. The van der Waals surface area contributed by atoms with Gasteiger partial charge in [0.1, 0.15) is 11.4 Å². The summed E-state index contributed by atoms with van der Waals surface area (Å²) >= 11 is 5.80. The number of halogens is 5. The Morgan fingerprint density at radius 1 is 0.972 bits per heavy atom. The molecule has 4 aromatic rings. The Morgan fingerprint density at radius 3 is 2.39 bits per heavy atom. The average molecular weight is 557 g/mol. The number of pyridine rings is 1. The van der Waals surface area contributed by atoms with Crippen molar-refractivity contribution in [2.75, 3.05) is 5.32 Å². The number of aromatic amines is 1. The average Bonchev–Trinajstić information content (AvgIpc) is 3.30. The highest BCUT2D eigenvalue weighted by atomic mass is 35.5. The van der Waals surface area contributed by atoms with E-state index in [-0.39, 0.29) is 53.5 Å². The van der Waals surface area contributed by atoms with Gasteiger partial charge in [0.25, 0.3) is 11.8 Å². The Labute approximate surface area is 221 Å². The summed E-state index contributed by atoms with van der Waals surface area (Å²) in [5, 5.41) is 11.1. The summed E-state index contributed by atoms with van der Waals surface area (Å²) in [4.78, 5) is 28.9. The quantitative estimate of drug-likeness (QED) is 0.259. The first-order valence-electron chi connectivity index (χ1n) is 9.86. The van der Waals surface area contributed by atoms with E-state index in [9.17, 15) is 18.4 Å². The second kappa shape index (κ2) is 12.8. The van der Waals surface area contributed by atoms with Gasteiger partial charge in [-0.15, -0.1) is 24.8 Å². The molecule has 0 fully saturated rings. The fraction of sp³-hybridized carbons (Fsp3) is 0.0435. The van der Waals surface area contributed by atoms with Crippen LogP contribution in [-0.4, -0.2) is 27.0 Å². The van der Waals surface area contributed by atoms with Crippen molar-refractivity contribution < 1.29 is 23.1 Å². The van der Waals surface area contributed by atoms with E-state index >= 15 is 0 Å². The summed E-state index contributed by atoms with van der Waals surface area (Å²) in [5.74, 6) is -2.62. The summed E-state index contributed by atoms with van der Waals surface area (Å²) in [6.45, 7) is 0.183. The third-order valence-electron chi connectivity index (χ3n) is 4.53. The van der Waals surface area contributed by atoms with Crippen molar-refractivity contribution in [3.63, 3.8) is 0 Å². The zero-order valence-corrected chi connectivity index (χ0v) is 20.5. The molecule has 0 bridgehead atoms. The Bertz CT molecular complexity index is 1340. The van der Waals surface area contributed by atoms with Gasteiger partial charge in [-0.25, -0.2) is 13.8 Å². The van der Waals surface area contributed by atoms with Crippen LogP contribution in [0.1, 0.15) is 26.4 Å². The van der Waals surface area contributed by atoms with Gasteiger partial charge in [-0.3, -0.25) is 14.7 Å². The number of amides is 2. The Hall–Kier alpha value is -3.73. The molecule has 2 aromatic heterocycles. The van der Waals surface area contributed by atoms with Crippen LogP contribution in [0.3, 0.4) is 0 Å². The number of aromatic nitrogens is 3. The molecule has 13 heteroatoms. The first-order valence-corrected chi connectivity index (χ1v) is 10.2. The maximum absolute atomic E-state index is 13.4. The van der Waals surface area contributed by atoms with Crippen LogP contribution in [0.4, 0.5) is 14.6 Å². The molecule has 36 heavy (non-hydrogen) atoms. The van der Waals surface area contributed by atoms with E-state index in [0.717, 1.165) is 5.56 Å². The second-order valence-corrected chi connectivity index (χ2v) is 7.38. The molecular weight excluding hydrogens is 539 g/mol. The largest absolute Gasteiger partial charge is 0.439 e. The molecule has 0 radical (unpaired) electrons. The monoisotopic (exact) mass is 555 g/mol. The van der Waals surface area contributed by atoms with Crippen LogP contribution in [0.2, 0.25) is 5.02 Å². The predicted octanol–water partition coefficient (Wildman–Crippen LogP) is 5.55. The number of hydrogen-bond acceptors (Lipinski definition) is 5. The Kier molecular flexibility index (Phi) is 10.2. The van der Waals surface area contributed by atoms with Gasteiger partial charge in [-0.2, -0.15) is 5.10 Å². The van der Waals surface area contributed by atoms with Gasteiger partial charge >= 0.3 is 0 Å². The lowest BCUT2D eigenvalue weighted by Gasteiger charge is -2.06. The first-order chi connectivity index (χ1) is 16.4. The standard InChI is InChI=1S/C23H16ClF2N5O3.2ClH/c24-16-9-18(26)17(25)8-15(16)22(32)29-20-10-19(30-31-20)23(33)28-12-13-6-7-21(27-11-13)34-14-4-2-1-3-5-14;;/h1-11H,12H2,(H,28,33)(H2,29,30,31,32);2*1H. The van der Waals surface area contributed by atoms with Crippen molar-refractivity contribution >= 4 is 54.0 Å². The van der Waals surface area contributed by atoms with E-state index in [1.807, 2.05) is 30.3 Å². The minimum absolute atomic E-state index is 0. The zero-order chi connectivity index (χ0) is 24.1. The number of benzene rings is 2. The summed E-state index contributed by atoms with van der Waals surface area (Å²) < 4.78 is 32.2. The van der Waals surface area contributed by atoms with Gasteiger partial charge in [0.2, 0.25) is 5.88 Å². The van der Waals surface area contributed by atoms with Crippen molar-refractivity contribution in [1.29, 1.82) is 0 Å². The highest BCUT2D eigenvalue weighted by Crippen LogP contribution is 2.21. The van der Waals surface area contributed by atoms with Crippen LogP contribution in [0.5, 0.6) is 11.6 Å². The lowest BCUT2D eigenvalue weighted by Crippen LogP contribution is -2.23. The topological polar surface area (TPSA) is 109 Å². The van der Waals surface area contributed by atoms with Crippen LogP contribution in [-0.2, 0) is 6.54 Å². The SMILES string of the molecule is Cl.Cl.O=C(NCc1ccc(Oc2ccccc2)nc1)c1cc(NC(=O)c2cc(F)c(F)cc2Cl)n[nH]1. The van der Waals surface area contributed by atoms with Gasteiger partial charge in [-0.1, -0.05) is 35.9 Å². The molecule has 0 unspecified atom stereocenters. The zero-order valence-electron chi connectivity index (χ0n) is 18.1. The van der Waals surface area contributed by atoms with Gasteiger partial charge in [0.05, 0.1) is 10.6 Å². The molecule has 0 saturated carbocycles. The van der Waals surface area contributed by atoms with Gasteiger partial charge in [0.15, 0.2) is 17.5 Å². The third kappa shape index (κ3) is 7.14. The van der Waals surface area contributed by atoms with Gasteiger partial charge in [0, 0.05) is 24.9 Å². The van der Waals surface area contributed by atoms with Crippen molar-refractivity contribution in [1.82, 2.24) is 20.5 Å². The highest BCUT2D eigenvalue weighted by molar-refractivity contribution is 6.34. The number of anilines is 1. The fourth-order valence-electron chi connectivity index (χ4n) is 2.85. The van der Waals surface area contributed by atoms with E-state index in [1.54, 1.807) is 18.3 Å². The van der Waals surface area contributed by atoms with Crippen LogP contribution in [0.15, 0.2) is 66.9 Å². The minimum atomic E-state index is -1.22. The number of H-pyrrole nitrogens is 1. The van der Waals surface area contributed by atoms with Crippen molar-refractivity contribution in [3.8, 4) is 11.6 Å². The number of carbonyl (C=O) groups excluding carboxylic acids is 2. The number of nitrogens with zero attached hydrogens (tertiary/aromatic N) is 2. The molecule has 0 atom stereocenters. The molecule has 4 rings (SSSR count). The number of nitrogens with one attached hydrogen (secondary N) is 3. The molecule has 0 saturated heterocycles. The van der Waals surface area contributed by atoms with E-state index in [1.165, 1.54) is 6.07 Å². The summed E-state index contributed by atoms with van der Waals surface area (Å²) in [6.07, 6.45) is 1.57. The molecule has 8 nitrogen and oxygen atoms in total. The van der Waals surface area contributed by atoms with Crippen LogP contribution >= 0.6 is 36.4 Å². The van der Waals surface area contributed by atoms with E-state index in [4.69, 9.17) is 16.3 Å². The number of para-hydroxylation sites is 1. The molecule has 188 valence electrons. The lowest BCUT2D eigenvalue weighted by molar-refractivity contribution is 0.0945. The number of hydrogen-bond donors (Lipinski definition) is 3. The van der Waals surface area contributed by atoms with E-state index in [0.29, 0.717) is 23.8 Å². The molecule has 0 spiro atoms.